The van der Waals surface area contributed by atoms with Gasteiger partial charge in [0.2, 0.25) is 0 Å². The lowest BCUT2D eigenvalue weighted by Crippen LogP contribution is -2.41. The normalized spacial score (nSPS) is 16.5. The zero-order chi connectivity index (χ0) is 28.1. The molecule has 5 rings (SSSR count). The van der Waals surface area contributed by atoms with Crippen molar-refractivity contribution in [1.29, 1.82) is 0 Å². The lowest BCUT2D eigenvalue weighted by molar-refractivity contribution is 0.0478. The number of nitrogens with one attached hydrogen (secondary N) is 2. The van der Waals surface area contributed by atoms with Crippen LogP contribution in [0.15, 0.2) is 42.5 Å². The molecule has 2 heterocycles. The molecule has 204 valence electrons. The summed E-state index contributed by atoms with van der Waals surface area (Å²) in [6, 6.07) is 9.95. The third-order valence-corrected chi connectivity index (χ3v) is 7.07. The maximum absolute atomic E-state index is 14.3. The van der Waals surface area contributed by atoms with Crippen molar-refractivity contribution in [3.8, 4) is 11.5 Å². The van der Waals surface area contributed by atoms with Crippen molar-refractivity contribution >= 4 is 45.7 Å². The summed E-state index contributed by atoms with van der Waals surface area (Å²) in [7, 11) is 3.00. The van der Waals surface area contributed by atoms with Crippen LogP contribution in [0.2, 0.25) is 10.2 Å². The first kappa shape index (κ1) is 26.9. The predicted molar refractivity (Wildman–Crippen MR) is 139 cm³/mol. The molecule has 1 aliphatic rings. The number of fused-ring (bicyclic) bond motifs is 3. The number of alkyl halides is 2. The molecule has 39 heavy (non-hydrogen) atoms. The molecule has 0 bridgehead atoms. The molecule has 0 fully saturated rings. The van der Waals surface area contributed by atoms with Gasteiger partial charge in [-0.25, -0.2) is 13.2 Å². The van der Waals surface area contributed by atoms with Crippen LogP contribution < -0.4 is 20.1 Å². The average molecular weight is 581 g/mol. The number of amides is 1. The Kier molecular flexibility index (Phi) is 7.00. The van der Waals surface area contributed by atoms with Crippen LogP contribution in [0.5, 0.6) is 11.5 Å². The Morgan fingerprint density at radius 3 is 2.62 bits per heavy atom. The van der Waals surface area contributed by atoms with Crippen molar-refractivity contribution in [1.82, 2.24) is 15.1 Å². The van der Waals surface area contributed by atoms with Gasteiger partial charge in [0, 0.05) is 40.0 Å². The summed E-state index contributed by atoms with van der Waals surface area (Å²) in [5.74, 6) is -0.426. The van der Waals surface area contributed by atoms with Crippen LogP contribution in [0.3, 0.4) is 0 Å². The van der Waals surface area contributed by atoms with E-state index in [9.17, 15) is 23.1 Å². The Balaban J connectivity index is 1.73. The number of ether oxygens (including phenoxy) is 2. The van der Waals surface area contributed by atoms with E-state index in [0.29, 0.717) is 17.1 Å². The predicted octanol–water partition coefficient (Wildman–Crippen LogP) is 5.31. The molecule has 0 aliphatic carbocycles. The van der Waals surface area contributed by atoms with Crippen LogP contribution in [0.1, 0.15) is 27.0 Å². The number of hydrogen-bond acceptors (Lipinski definition) is 6. The summed E-state index contributed by atoms with van der Waals surface area (Å²) < 4.78 is 52.6. The number of benzene rings is 3. The highest BCUT2D eigenvalue weighted by Crippen LogP contribution is 2.47. The van der Waals surface area contributed by atoms with E-state index in [4.69, 9.17) is 32.7 Å². The number of halogens is 5. The highest BCUT2D eigenvalue weighted by atomic mass is 35.5. The molecule has 8 nitrogen and oxygen atoms in total. The summed E-state index contributed by atoms with van der Waals surface area (Å²) in [5.41, 5.74) is -1.56. The molecule has 0 saturated heterocycles. The Morgan fingerprint density at radius 2 is 1.92 bits per heavy atom. The van der Waals surface area contributed by atoms with E-state index >= 15 is 0 Å². The number of rotatable bonds is 8. The second-order valence-corrected chi connectivity index (χ2v) is 9.52. The van der Waals surface area contributed by atoms with Crippen molar-refractivity contribution in [2.45, 2.75) is 25.2 Å². The smallest absolute Gasteiger partial charge is 0.257 e. The van der Waals surface area contributed by atoms with Crippen molar-refractivity contribution in [2.75, 3.05) is 19.5 Å². The maximum atomic E-state index is 14.3. The van der Waals surface area contributed by atoms with Gasteiger partial charge < -0.3 is 25.2 Å². The number of aliphatic hydroxyl groups is 1. The second kappa shape index (κ2) is 10.1. The van der Waals surface area contributed by atoms with Crippen LogP contribution in [-0.2, 0) is 18.8 Å². The summed E-state index contributed by atoms with van der Waals surface area (Å²) >= 11 is 12.7. The van der Waals surface area contributed by atoms with Crippen molar-refractivity contribution in [3.63, 3.8) is 0 Å². The van der Waals surface area contributed by atoms with E-state index in [2.05, 4.69) is 15.7 Å². The number of nitrogens with zero attached hydrogens (tertiary/aromatic N) is 2. The fourth-order valence-corrected chi connectivity index (χ4v) is 5.29. The topological polar surface area (TPSA) is 97.6 Å². The highest BCUT2D eigenvalue weighted by Gasteiger charge is 2.48. The monoisotopic (exact) mass is 580 g/mol. The summed E-state index contributed by atoms with van der Waals surface area (Å²) in [4.78, 5) is 13.3. The van der Waals surface area contributed by atoms with Gasteiger partial charge in [0.1, 0.15) is 23.9 Å². The van der Waals surface area contributed by atoms with E-state index in [0.717, 1.165) is 16.8 Å². The molecule has 0 radical (unpaired) electrons. The minimum absolute atomic E-state index is 0.0153. The molecule has 3 N–H and O–H groups in total. The van der Waals surface area contributed by atoms with Gasteiger partial charge in [0.15, 0.2) is 10.9 Å². The van der Waals surface area contributed by atoms with Crippen LogP contribution in [-0.4, -0.2) is 41.4 Å². The lowest BCUT2D eigenvalue weighted by atomic mass is 9.91. The Labute approximate surface area is 230 Å². The number of carbonyl (C=O) groups excluding carboxylic acids is 1. The fraction of sp³-hybridized carbons (Fsp3) is 0.231. The van der Waals surface area contributed by atoms with E-state index in [1.54, 1.807) is 18.2 Å². The van der Waals surface area contributed by atoms with Crippen molar-refractivity contribution in [3.05, 3.63) is 80.7 Å². The molecule has 0 saturated carbocycles. The SMILES string of the molecule is COc1ccc(CNc2cc3c(c(Cl)nn3CC(F)F)c3c2C(O)(c2cc(F)ccc2Cl)NC3=O)c(OC)c1. The lowest BCUT2D eigenvalue weighted by Gasteiger charge is -2.28. The van der Waals surface area contributed by atoms with Gasteiger partial charge >= 0.3 is 0 Å². The van der Waals surface area contributed by atoms with E-state index < -0.39 is 30.4 Å². The van der Waals surface area contributed by atoms with Crippen LogP contribution in [0, 0.1) is 5.82 Å². The van der Waals surface area contributed by atoms with Gasteiger partial charge in [-0.1, -0.05) is 23.2 Å². The molecule has 1 unspecified atom stereocenters. The van der Waals surface area contributed by atoms with E-state index in [1.165, 1.54) is 26.4 Å². The summed E-state index contributed by atoms with van der Waals surface area (Å²) in [5, 5.41) is 21.3. The van der Waals surface area contributed by atoms with Crippen molar-refractivity contribution < 1.29 is 32.5 Å². The molecule has 1 atom stereocenters. The van der Waals surface area contributed by atoms with Gasteiger partial charge in [0.25, 0.3) is 12.3 Å². The maximum Gasteiger partial charge on any atom is 0.257 e. The molecule has 4 aromatic rings. The molecule has 0 spiro atoms. The highest BCUT2D eigenvalue weighted by molar-refractivity contribution is 6.36. The van der Waals surface area contributed by atoms with Gasteiger partial charge in [-0.2, -0.15) is 5.10 Å². The summed E-state index contributed by atoms with van der Waals surface area (Å²) in [6.07, 6.45) is -2.76. The Morgan fingerprint density at radius 1 is 1.15 bits per heavy atom. The molecular weight excluding hydrogens is 560 g/mol. The minimum Gasteiger partial charge on any atom is -0.497 e. The van der Waals surface area contributed by atoms with E-state index in [-0.39, 0.29) is 50.0 Å². The quantitative estimate of drug-likeness (QED) is 0.261. The standard InChI is InChI=1S/C26H21Cl2F3N4O4/c1-38-14-5-3-12(19(8-14)39-2)10-32-17-9-18-21(24(28)34-35(18)11-20(30)31)22-23(17)26(37,33-25(22)36)15-7-13(29)4-6-16(15)27/h3-9,20,32,37H,10-11H2,1-2H3,(H,33,36). The first-order chi connectivity index (χ1) is 18.6. The first-order valence-electron chi connectivity index (χ1n) is 11.5. The van der Waals surface area contributed by atoms with Gasteiger partial charge in [-0.15, -0.1) is 0 Å². The largest absolute Gasteiger partial charge is 0.497 e. The molecule has 1 aliphatic heterocycles. The third kappa shape index (κ3) is 4.60. The number of aromatic nitrogens is 2. The van der Waals surface area contributed by atoms with Crippen molar-refractivity contribution in [2.24, 2.45) is 0 Å². The van der Waals surface area contributed by atoms with Crippen LogP contribution in [0.25, 0.3) is 10.9 Å². The average Bonchev–Trinajstić information content (AvgIpc) is 3.36. The van der Waals surface area contributed by atoms with Gasteiger partial charge in [-0.3, -0.25) is 9.48 Å². The number of carbonyl (C=O) groups is 1. The fourth-order valence-electron chi connectivity index (χ4n) is 4.76. The second-order valence-electron chi connectivity index (χ2n) is 8.75. The zero-order valence-electron chi connectivity index (χ0n) is 20.5. The Bertz CT molecular complexity index is 1610. The first-order valence-corrected chi connectivity index (χ1v) is 12.3. The Hall–Kier alpha value is -3.67. The third-order valence-electron chi connectivity index (χ3n) is 6.48. The zero-order valence-corrected chi connectivity index (χ0v) is 22.0. The van der Waals surface area contributed by atoms with Gasteiger partial charge in [-0.05, 0) is 36.4 Å². The van der Waals surface area contributed by atoms with Gasteiger partial charge in [0.05, 0.1) is 30.7 Å². The summed E-state index contributed by atoms with van der Waals surface area (Å²) in [6.45, 7) is -0.668. The number of anilines is 1. The molecule has 1 amide bonds. The van der Waals surface area contributed by atoms with Crippen LogP contribution >= 0.6 is 23.2 Å². The molecular formula is C26H21Cl2F3N4O4. The minimum atomic E-state index is -2.76. The van der Waals surface area contributed by atoms with Crippen LogP contribution in [0.4, 0.5) is 18.9 Å². The molecule has 13 heteroatoms. The molecule has 3 aromatic carbocycles. The number of methoxy groups -OCH3 is 2. The van der Waals surface area contributed by atoms with E-state index in [1.807, 2.05) is 0 Å². The number of hydrogen-bond donors (Lipinski definition) is 3. The molecule has 1 aromatic heterocycles.